The van der Waals surface area contributed by atoms with Crippen LogP contribution in [-0.4, -0.2) is 29.9 Å². The Morgan fingerprint density at radius 2 is 2.14 bits per heavy atom. The number of amides is 1. The van der Waals surface area contributed by atoms with Crippen LogP contribution in [0, 0.1) is 31.6 Å². The number of methoxy groups -OCH3 is 1. The zero-order valence-corrected chi connectivity index (χ0v) is 14.1. The highest BCUT2D eigenvalue weighted by molar-refractivity contribution is 5.79. The fourth-order valence-electron chi connectivity index (χ4n) is 4.36. The van der Waals surface area contributed by atoms with Gasteiger partial charge in [-0.2, -0.15) is 0 Å². The smallest absolute Gasteiger partial charge is 0.226 e. The summed E-state index contributed by atoms with van der Waals surface area (Å²) in [5.74, 6) is 2.85. The van der Waals surface area contributed by atoms with Gasteiger partial charge in [-0.1, -0.05) is 6.42 Å². The molecule has 1 heterocycles. The van der Waals surface area contributed by atoms with Crippen molar-refractivity contribution in [2.45, 2.75) is 46.1 Å². The van der Waals surface area contributed by atoms with Crippen LogP contribution < -0.4 is 4.74 Å². The number of pyridine rings is 1. The van der Waals surface area contributed by atoms with Gasteiger partial charge in [0.1, 0.15) is 5.75 Å². The van der Waals surface area contributed by atoms with Gasteiger partial charge in [-0.05, 0) is 44.9 Å². The molecule has 0 saturated heterocycles. The molecule has 0 N–H and O–H groups in total. The van der Waals surface area contributed by atoms with Crippen LogP contribution in [0.5, 0.6) is 5.75 Å². The summed E-state index contributed by atoms with van der Waals surface area (Å²) in [7, 11) is 3.59. The Bertz CT molecular complexity index is 585. The van der Waals surface area contributed by atoms with Crippen molar-refractivity contribution in [3.05, 3.63) is 23.0 Å². The number of aromatic nitrogens is 1. The van der Waals surface area contributed by atoms with Crippen molar-refractivity contribution in [3.8, 4) is 5.75 Å². The van der Waals surface area contributed by atoms with Crippen LogP contribution in [-0.2, 0) is 11.3 Å². The van der Waals surface area contributed by atoms with Crippen LogP contribution in [0.3, 0.4) is 0 Å². The normalized spacial score (nSPS) is 26.3. The molecule has 22 heavy (non-hydrogen) atoms. The first-order valence-corrected chi connectivity index (χ1v) is 8.25. The first-order valence-electron chi connectivity index (χ1n) is 8.25. The monoisotopic (exact) mass is 302 g/mol. The molecule has 120 valence electrons. The van der Waals surface area contributed by atoms with Gasteiger partial charge in [0.15, 0.2) is 0 Å². The third kappa shape index (κ3) is 2.59. The van der Waals surface area contributed by atoms with Crippen LogP contribution in [0.15, 0.2) is 6.20 Å². The van der Waals surface area contributed by atoms with Crippen LogP contribution in [0.25, 0.3) is 0 Å². The molecular weight excluding hydrogens is 276 g/mol. The van der Waals surface area contributed by atoms with Crippen molar-refractivity contribution in [1.82, 2.24) is 9.88 Å². The minimum atomic E-state index is 0.247. The highest BCUT2D eigenvalue weighted by atomic mass is 16.5. The Labute approximate surface area is 132 Å². The van der Waals surface area contributed by atoms with E-state index in [9.17, 15) is 4.79 Å². The van der Waals surface area contributed by atoms with Gasteiger partial charge in [-0.3, -0.25) is 9.78 Å². The van der Waals surface area contributed by atoms with Gasteiger partial charge in [0, 0.05) is 30.3 Å². The topological polar surface area (TPSA) is 42.4 Å². The van der Waals surface area contributed by atoms with Crippen molar-refractivity contribution >= 4 is 5.91 Å². The first kappa shape index (κ1) is 15.3. The largest absolute Gasteiger partial charge is 0.496 e. The summed E-state index contributed by atoms with van der Waals surface area (Å²) in [6.07, 6.45) is 6.76. The summed E-state index contributed by atoms with van der Waals surface area (Å²) >= 11 is 0. The SMILES string of the molecule is COc1c(C)cnc(CN(C)C(=O)[C@H]2C[C@H]3CC[C@H]2C3)c1C. The third-order valence-electron chi connectivity index (χ3n) is 5.57. The third-order valence-corrected chi connectivity index (χ3v) is 5.57. The molecule has 1 aromatic rings. The van der Waals surface area contributed by atoms with Crippen molar-refractivity contribution in [2.24, 2.45) is 17.8 Å². The summed E-state index contributed by atoms with van der Waals surface area (Å²) in [6, 6.07) is 0. The molecule has 2 aliphatic carbocycles. The van der Waals surface area contributed by atoms with Crippen LogP contribution in [0.1, 0.15) is 42.5 Å². The van der Waals surface area contributed by atoms with E-state index in [-0.39, 0.29) is 5.92 Å². The molecule has 1 amide bonds. The number of nitrogens with zero attached hydrogens (tertiary/aromatic N) is 2. The van der Waals surface area contributed by atoms with E-state index in [0.29, 0.717) is 18.4 Å². The molecule has 4 nitrogen and oxygen atoms in total. The predicted octanol–water partition coefficient (Wildman–Crippen LogP) is 3.10. The van der Waals surface area contributed by atoms with Gasteiger partial charge in [-0.15, -0.1) is 0 Å². The molecule has 0 unspecified atom stereocenters. The zero-order chi connectivity index (χ0) is 15.9. The lowest BCUT2D eigenvalue weighted by Gasteiger charge is -2.27. The second kappa shape index (κ2) is 5.90. The molecule has 3 atom stereocenters. The number of hydrogen-bond donors (Lipinski definition) is 0. The molecule has 0 spiro atoms. The van der Waals surface area contributed by atoms with Gasteiger partial charge in [0.05, 0.1) is 19.3 Å². The highest BCUT2D eigenvalue weighted by Crippen LogP contribution is 2.48. The molecule has 3 rings (SSSR count). The number of ether oxygens (including phenoxy) is 1. The Kier molecular flexibility index (Phi) is 4.11. The van der Waals surface area contributed by atoms with Crippen molar-refractivity contribution in [2.75, 3.05) is 14.2 Å². The van der Waals surface area contributed by atoms with E-state index in [4.69, 9.17) is 4.74 Å². The van der Waals surface area contributed by atoms with Gasteiger partial charge >= 0.3 is 0 Å². The van der Waals surface area contributed by atoms with Crippen LogP contribution >= 0.6 is 0 Å². The first-order chi connectivity index (χ1) is 10.5. The molecule has 0 radical (unpaired) electrons. The van der Waals surface area contributed by atoms with E-state index in [1.54, 1.807) is 7.11 Å². The van der Waals surface area contributed by atoms with Crippen molar-refractivity contribution in [3.63, 3.8) is 0 Å². The number of rotatable bonds is 4. The van der Waals surface area contributed by atoms with E-state index < -0.39 is 0 Å². The molecule has 2 aliphatic rings. The average molecular weight is 302 g/mol. The van der Waals surface area contributed by atoms with Gasteiger partial charge in [0.25, 0.3) is 0 Å². The predicted molar refractivity (Wildman–Crippen MR) is 85.7 cm³/mol. The number of carbonyl (C=O) groups excluding carboxylic acids is 1. The lowest BCUT2D eigenvalue weighted by molar-refractivity contribution is -0.136. The van der Waals surface area contributed by atoms with E-state index in [1.165, 1.54) is 19.3 Å². The summed E-state index contributed by atoms with van der Waals surface area (Å²) in [5, 5.41) is 0. The van der Waals surface area contributed by atoms with Gasteiger partial charge < -0.3 is 9.64 Å². The summed E-state index contributed by atoms with van der Waals surface area (Å²) < 4.78 is 5.46. The lowest BCUT2D eigenvalue weighted by Crippen LogP contribution is -2.35. The molecule has 2 fully saturated rings. The maximum atomic E-state index is 12.7. The van der Waals surface area contributed by atoms with Crippen molar-refractivity contribution in [1.29, 1.82) is 0 Å². The molecule has 2 bridgehead atoms. The number of fused-ring (bicyclic) bond motifs is 2. The minimum absolute atomic E-state index is 0.247. The molecule has 1 aromatic heterocycles. The number of carbonyl (C=O) groups is 1. The molecule has 2 saturated carbocycles. The quantitative estimate of drug-likeness (QED) is 0.858. The van der Waals surface area contributed by atoms with E-state index in [2.05, 4.69) is 4.98 Å². The summed E-state index contributed by atoms with van der Waals surface area (Å²) in [5.41, 5.74) is 3.00. The molecule has 4 heteroatoms. The van der Waals surface area contributed by atoms with Crippen molar-refractivity contribution < 1.29 is 9.53 Å². The zero-order valence-electron chi connectivity index (χ0n) is 14.1. The van der Waals surface area contributed by atoms with Gasteiger partial charge in [-0.25, -0.2) is 0 Å². The highest BCUT2D eigenvalue weighted by Gasteiger charge is 2.43. The fourth-order valence-corrected chi connectivity index (χ4v) is 4.36. The van der Waals surface area contributed by atoms with E-state index in [0.717, 1.165) is 34.9 Å². The second-order valence-electron chi connectivity index (χ2n) is 7.02. The minimum Gasteiger partial charge on any atom is -0.496 e. The maximum Gasteiger partial charge on any atom is 0.226 e. The van der Waals surface area contributed by atoms with E-state index in [1.807, 2.05) is 32.0 Å². The summed E-state index contributed by atoms with van der Waals surface area (Å²) in [6.45, 7) is 4.58. The average Bonchev–Trinajstić information content (AvgIpc) is 3.12. The number of hydrogen-bond acceptors (Lipinski definition) is 3. The van der Waals surface area contributed by atoms with Crippen LogP contribution in [0.4, 0.5) is 0 Å². The Morgan fingerprint density at radius 1 is 1.36 bits per heavy atom. The molecule has 0 aromatic carbocycles. The Hall–Kier alpha value is -1.58. The number of aryl methyl sites for hydroxylation is 1. The second-order valence-corrected chi connectivity index (χ2v) is 7.02. The van der Waals surface area contributed by atoms with Gasteiger partial charge in [0.2, 0.25) is 5.91 Å². The fraction of sp³-hybridized carbons (Fsp3) is 0.667. The van der Waals surface area contributed by atoms with Crippen LogP contribution in [0.2, 0.25) is 0 Å². The lowest BCUT2D eigenvalue weighted by atomic mass is 9.88. The summed E-state index contributed by atoms with van der Waals surface area (Å²) in [4.78, 5) is 19.1. The Balaban J connectivity index is 1.72. The Morgan fingerprint density at radius 3 is 2.73 bits per heavy atom. The maximum absolute atomic E-state index is 12.7. The molecule has 0 aliphatic heterocycles. The standard InChI is InChI=1S/C18H26N2O2/c1-11-9-19-16(12(2)17(11)22-4)10-20(3)18(21)15-8-13-5-6-14(15)7-13/h9,13-15H,5-8,10H2,1-4H3/t13-,14-,15-/m0/s1. The van der Waals surface area contributed by atoms with E-state index >= 15 is 0 Å². The molecular formula is C18H26N2O2.